The topological polar surface area (TPSA) is 69.6 Å². The van der Waals surface area contributed by atoms with Gasteiger partial charge in [0.2, 0.25) is 5.95 Å². The van der Waals surface area contributed by atoms with E-state index in [-0.39, 0.29) is 5.95 Å². The first-order valence-corrected chi connectivity index (χ1v) is 6.16. The predicted octanol–water partition coefficient (Wildman–Crippen LogP) is 2.47. The van der Waals surface area contributed by atoms with Gasteiger partial charge in [0.1, 0.15) is 10.4 Å². The smallest absolute Gasteiger partial charge is 0.221 e. The zero-order chi connectivity index (χ0) is 12.7. The second kappa shape index (κ2) is 4.06. The molecule has 3 aromatic heterocycles. The Labute approximate surface area is 112 Å². The summed E-state index contributed by atoms with van der Waals surface area (Å²) < 4.78 is 2.77. The van der Waals surface area contributed by atoms with Crippen molar-refractivity contribution in [2.75, 3.05) is 5.73 Å². The second-order valence-electron chi connectivity index (χ2n) is 3.99. The number of nitrogens with two attached hydrogens (primary N) is 1. The van der Waals surface area contributed by atoms with Gasteiger partial charge in [-0.3, -0.25) is 0 Å². The average molecular weight is 304 g/mol. The lowest BCUT2D eigenvalue weighted by molar-refractivity contribution is 0.993. The van der Waals surface area contributed by atoms with Gasteiger partial charge in [0.15, 0.2) is 0 Å². The van der Waals surface area contributed by atoms with E-state index in [2.05, 4.69) is 30.9 Å². The van der Waals surface area contributed by atoms with Crippen molar-refractivity contribution in [3.63, 3.8) is 0 Å². The van der Waals surface area contributed by atoms with Gasteiger partial charge in [0.25, 0.3) is 0 Å². The summed E-state index contributed by atoms with van der Waals surface area (Å²) in [6.45, 7) is 1.96. The Morgan fingerprint density at radius 1 is 1.28 bits per heavy atom. The quantitative estimate of drug-likeness (QED) is 0.701. The van der Waals surface area contributed by atoms with Crippen molar-refractivity contribution >= 4 is 32.8 Å². The van der Waals surface area contributed by atoms with Gasteiger partial charge in [-0.2, -0.15) is 4.98 Å². The maximum atomic E-state index is 5.65. The van der Waals surface area contributed by atoms with Gasteiger partial charge >= 0.3 is 0 Å². The van der Waals surface area contributed by atoms with E-state index >= 15 is 0 Å². The van der Waals surface area contributed by atoms with E-state index < -0.39 is 0 Å². The summed E-state index contributed by atoms with van der Waals surface area (Å²) in [7, 11) is 0. The lowest BCUT2D eigenvalue weighted by atomic mass is 10.3. The fraction of sp³-hybridized carbons (Fsp3) is 0.0833. The number of nitrogen functional groups attached to an aromatic ring is 1. The molecule has 0 atom stereocenters. The Morgan fingerprint density at radius 2 is 2.11 bits per heavy atom. The van der Waals surface area contributed by atoms with Gasteiger partial charge in [0, 0.05) is 29.5 Å². The molecule has 0 spiro atoms. The highest BCUT2D eigenvalue weighted by molar-refractivity contribution is 9.10. The number of nitrogens with zero attached hydrogens (tertiary/aromatic N) is 4. The predicted molar refractivity (Wildman–Crippen MR) is 73.5 cm³/mol. The van der Waals surface area contributed by atoms with Crippen molar-refractivity contribution in [2.45, 2.75) is 6.92 Å². The molecular weight excluding hydrogens is 294 g/mol. The van der Waals surface area contributed by atoms with Crippen LogP contribution in [0, 0.1) is 6.92 Å². The molecule has 0 fully saturated rings. The van der Waals surface area contributed by atoms with Gasteiger partial charge < -0.3 is 10.3 Å². The van der Waals surface area contributed by atoms with E-state index in [1.54, 1.807) is 6.20 Å². The van der Waals surface area contributed by atoms with Gasteiger partial charge in [0.05, 0.1) is 5.52 Å². The van der Waals surface area contributed by atoms with Crippen LogP contribution in [0.2, 0.25) is 0 Å². The molecule has 90 valence electrons. The zero-order valence-corrected chi connectivity index (χ0v) is 11.2. The van der Waals surface area contributed by atoms with E-state index in [0.29, 0.717) is 0 Å². The summed E-state index contributed by atoms with van der Waals surface area (Å²) in [5.41, 5.74) is 7.64. The zero-order valence-electron chi connectivity index (χ0n) is 9.63. The van der Waals surface area contributed by atoms with Crippen LogP contribution in [0.15, 0.2) is 35.3 Å². The molecular formula is C12H10BrN5. The summed E-state index contributed by atoms with van der Waals surface area (Å²) >= 11 is 3.37. The molecule has 0 amide bonds. The van der Waals surface area contributed by atoms with Crippen molar-refractivity contribution < 1.29 is 0 Å². The van der Waals surface area contributed by atoms with E-state index in [0.717, 1.165) is 26.9 Å². The number of fused-ring (bicyclic) bond motifs is 1. The van der Waals surface area contributed by atoms with Crippen LogP contribution in [0.4, 0.5) is 5.95 Å². The molecule has 0 aliphatic rings. The van der Waals surface area contributed by atoms with Crippen molar-refractivity contribution in [1.82, 2.24) is 19.5 Å². The number of rotatable bonds is 1. The van der Waals surface area contributed by atoms with Crippen molar-refractivity contribution in [3.8, 4) is 5.82 Å². The minimum atomic E-state index is 0.269. The number of aryl methyl sites for hydroxylation is 1. The van der Waals surface area contributed by atoms with Crippen molar-refractivity contribution in [2.24, 2.45) is 0 Å². The highest BCUT2D eigenvalue weighted by Gasteiger charge is 2.09. The van der Waals surface area contributed by atoms with Crippen LogP contribution in [0.25, 0.3) is 16.7 Å². The fourth-order valence-corrected chi connectivity index (χ4v) is 2.20. The molecule has 0 radical (unpaired) electrons. The minimum Gasteiger partial charge on any atom is -0.368 e. The third-order valence-electron chi connectivity index (χ3n) is 2.73. The molecule has 0 saturated carbocycles. The number of aromatic nitrogens is 4. The standard InChI is InChI=1S/C12H10BrN5/c1-7-5-16-12(14)17-11(7)18-3-2-8-6-15-10(13)4-9(8)18/h2-6H,1H3,(H2,14,16,17). The van der Waals surface area contributed by atoms with Crippen LogP contribution in [0.1, 0.15) is 5.56 Å². The normalized spacial score (nSPS) is 11.0. The fourth-order valence-electron chi connectivity index (χ4n) is 1.88. The molecule has 3 rings (SSSR count). The van der Waals surface area contributed by atoms with E-state index in [1.807, 2.05) is 36.0 Å². The van der Waals surface area contributed by atoms with Gasteiger partial charge in [-0.1, -0.05) is 0 Å². The summed E-state index contributed by atoms with van der Waals surface area (Å²) in [5, 5.41) is 1.05. The minimum absolute atomic E-state index is 0.269. The monoisotopic (exact) mass is 303 g/mol. The molecule has 5 nitrogen and oxygen atoms in total. The first kappa shape index (κ1) is 11.2. The molecule has 0 aliphatic heterocycles. The summed E-state index contributed by atoms with van der Waals surface area (Å²) in [6, 6.07) is 3.94. The number of pyridine rings is 1. The Kier molecular flexibility index (Phi) is 2.52. The maximum absolute atomic E-state index is 5.65. The molecule has 0 aliphatic carbocycles. The Bertz CT molecular complexity index is 734. The molecule has 0 aromatic carbocycles. The van der Waals surface area contributed by atoms with Crippen molar-refractivity contribution in [3.05, 3.63) is 40.9 Å². The molecule has 6 heteroatoms. The third kappa shape index (κ3) is 1.74. The maximum Gasteiger partial charge on any atom is 0.221 e. The highest BCUT2D eigenvalue weighted by Crippen LogP contribution is 2.23. The van der Waals surface area contributed by atoms with E-state index in [4.69, 9.17) is 5.73 Å². The Morgan fingerprint density at radius 3 is 2.94 bits per heavy atom. The summed E-state index contributed by atoms with van der Waals surface area (Å²) in [4.78, 5) is 12.5. The largest absolute Gasteiger partial charge is 0.368 e. The molecule has 3 heterocycles. The van der Waals surface area contributed by atoms with E-state index in [9.17, 15) is 0 Å². The summed E-state index contributed by atoms with van der Waals surface area (Å²) in [6.07, 6.45) is 5.49. The van der Waals surface area contributed by atoms with Crippen LogP contribution in [0.3, 0.4) is 0 Å². The Balaban J connectivity index is 2.31. The number of hydrogen-bond acceptors (Lipinski definition) is 4. The molecule has 0 saturated heterocycles. The number of anilines is 1. The first-order chi connectivity index (χ1) is 8.65. The number of halogens is 1. The number of hydrogen-bond donors (Lipinski definition) is 1. The SMILES string of the molecule is Cc1cnc(N)nc1-n1ccc2cnc(Br)cc21. The van der Waals surface area contributed by atoms with Crippen LogP contribution >= 0.6 is 15.9 Å². The molecule has 0 unspecified atom stereocenters. The second-order valence-corrected chi connectivity index (χ2v) is 4.80. The van der Waals surface area contributed by atoms with Gasteiger partial charge in [-0.15, -0.1) is 0 Å². The van der Waals surface area contributed by atoms with E-state index in [1.165, 1.54) is 0 Å². The van der Waals surface area contributed by atoms with Gasteiger partial charge in [-0.25, -0.2) is 9.97 Å². The lowest BCUT2D eigenvalue weighted by Crippen LogP contribution is -2.04. The molecule has 2 N–H and O–H groups in total. The first-order valence-electron chi connectivity index (χ1n) is 5.37. The van der Waals surface area contributed by atoms with Crippen LogP contribution in [-0.4, -0.2) is 19.5 Å². The molecule has 3 aromatic rings. The lowest BCUT2D eigenvalue weighted by Gasteiger charge is -2.08. The average Bonchev–Trinajstić information content (AvgIpc) is 2.75. The van der Waals surface area contributed by atoms with Gasteiger partial charge in [-0.05, 0) is 35.0 Å². The summed E-state index contributed by atoms with van der Waals surface area (Å²) in [5.74, 6) is 1.06. The highest BCUT2D eigenvalue weighted by atomic mass is 79.9. The van der Waals surface area contributed by atoms with Crippen LogP contribution in [0.5, 0.6) is 0 Å². The molecule has 18 heavy (non-hydrogen) atoms. The Hall–Kier alpha value is -1.95. The third-order valence-corrected chi connectivity index (χ3v) is 3.17. The van der Waals surface area contributed by atoms with Crippen molar-refractivity contribution in [1.29, 1.82) is 0 Å². The van der Waals surface area contributed by atoms with Crippen LogP contribution in [-0.2, 0) is 0 Å². The van der Waals surface area contributed by atoms with Crippen LogP contribution < -0.4 is 5.73 Å². The molecule has 0 bridgehead atoms.